The van der Waals surface area contributed by atoms with Crippen LogP contribution in [0.1, 0.15) is 34.1 Å². The Morgan fingerprint density at radius 1 is 1.10 bits per heavy atom. The van der Waals surface area contributed by atoms with Crippen LogP contribution < -0.4 is 0 Å². The molecule has 0 N–H and O–H groups in total. The van der Waals surface area contributed by atoms with Crippen molar-refractivity contribution in [3.63, 3.8) is 0 Å². The first-order valence-electron chi connectivity index (χ1n) is 4.14. The van der Waals surface area contributed by atoms with Crippen molar-refractivity contribution in [2.75, 3.05) is 19.5 Å². The Hall–Kier alpha value is 0.430. The summed E-state index contributed by atoms with van der Waals surface area (Å²) in [5.41, 5.74) is 0. The third-order valence-electron chi connectivity index (χ3n) is 2.60. The summed E-state index contributed by atoms with van der Waals surface area (Å²) in [6.07, 6.45) is 2.79. The molecule has 0 aliphatic rings. The van der Waals surface area contributed by atoms with Gasteiger partial charge in [0.05, 0.1) is 11.3 Å². The van der Waals surface area contributed by atoms with E-state index in [0.29, 0.717) is 5.16 Å². The van der Waals surface area contributed by atoms with E-state index in [1.54, 1.807) is 0 Å². The van der Waals surface area contributed by atoms with Crippen molar-refractivity contribution in [2.24, 2.45) is 0 Å². The summed E-state index contributed by atoms with van der Waals surface area (Å²) in [5, 5.41) is 0.559. The Bertz CT molecular complexity index is 97.8. The predicted octanol–water partition coefficient (Wildman–Crippen LogP) is 3.47. The molecule has 0 aliphatic heterocycles. The molecule has 0 saturated carbocycles. The second kappa shape index (κ2) is 3.22. The van der Waals surface area contributed by atoms with Gasteiger partial charge in [-0.25, -0.2) is 0 Å². The molecule has 0 unspecified atom stereocenters. The molecule has 0 atom stereocenters. The highest BCUT2D eigenvalue weighted by Crippen LogP contribution is 2.62. The van der Waals surface area contributed by atoms with Gasteiger partial charge in [-0.05, 0) is 27.2 Å². The van der Waals surface area contributed by atoms with Crippen LogP contribution in [0.2, 0.25) is 0 Å². The Labute approximate surface area is 66.7 Å². The van der Waals surface area contributed by atoms with Gasteiger partial charge in [0.2, 0.25) is 0 Å². The summed E-state index contributed by atoms with van der Waals surface area (Å²) in [7, 11) is -0.626. The van der Waals surface area contributed by atoms with Crippen LogP contribution in [0.5, 0.6) is 0 Å². The van der Waals surface area contributed by atoms with Crippen molar-refractivity contribution in [1.82, 2.24) is 0 Å². The highest BCUT2D eigenvalue weighted by atomic mass is 31.2. The van der Waals surface area contributed by atoms with E-state index in [1.807, 2.05) is 0 Å². The Morgan fingerprint density at radius 3 is 1.60 bits per heavy atom. The molecule has 0 saturated heterocycles. The summed E-state index contributed by atoms with van der Waals surface area (Å²) >= 11 is 0. The van der Waals surface area contributed by atoms with E-state index in [1.165, 1.54) is 12.6 Å². The van der Waals surface area contributed by atoms with Gasteiger partial charge in [-0.2, -0.15) is 0 Å². The predicted molar refractivity (Wildman–Crippen MR) is 53.7 cm³/mol. The highest BCUT2D eigenvalue weighted by Gasteiger charge is 2.38. The molecule has 10 heavy (non-hydrogen) atoms. The van der Waals surface area contributed by atoms with E-state index < -0.39 is 7.26 Å². The highest BCUT2D eigenvalue weighted by molar-refractivity contribution is 7.75. The van der Waals surface area contributed by atoms with E-state index in [2.05, 4.69) is 41.0 Å². The lowest BCUT2D eigenvalue weighted by Gasteiger charge is -2.31. The molecule has 0 fully saturated rings. The van der Waals surface area contributed by atoms with Gasteiger partial charge in [-0.3, -0.25) is 0 Å². The smallest absolute Gasteiger partial charge is 0.0619 e. The summed E-state index contributed by atoms with van der Waals surface area (Å²) in [5.74, 6) is 0. The zero-order valence-electron chi connectivity index (χ0n) is 8.36. The number of hydrogen-bond acceptors (Lipinski definition) is 0. The fourth-order valence-electron chi connectivity index (χ4n) is 0.894. The van der Waals surface area contributed by atoms with Gasteiger partial charge in [-0.1, -0.05) is 6.92 Å². The van der Waals surface area contributed by atoms with Gasteiger partial charge in [0.25, 0.3) is 0 Å². The number of hydrogen-bond donors (Lipinski definition) is 0. The first-order valence-corrected chi connectivity index (χ1v) is 7.01. The van der Waals surface area contributed by atoms with E-state index in [4.69, 9.17) is 0 Å². The van der Waals surface area contributed by atoms with Crippen LogP contribution in [-0.2, 0) is 0 Å². The quantitative estimate of drug-likeness (QED) is 0.544. The molecule has 62 valence electrons. The third-order valence-corrected chi connectivity index (χ3v) is 7.80. The maximum Gasteiger partial charge on any atom is 0.0710 e. The molecule has 0 aromatic carbocycles. The molecular weight excluding hydrogens is 139 g/mol. The van der Waals surface area contributed by atoms with Crippen LogP contribution in [0.15, 0.2) is 0 Å². The first kappa shape index (κ1) is 10.4. The fourth-order valence-corrected chi connectivity index (χ4v) is 2.68. The monoisotopic (exact) mass is 161 g/mol. The van der Waals surface area contributed by atoms with Crippen LogP contribution in [-0.4, -0.2) is 24.6 Å². The van der Waals surface area contributed by atoms with E-state index in [0.717, 1.165) is 0 Å². The van der Waals surface area contributed by atoms with Crippen LogP contribution in [0.3, 0.4) is 0 Å². The normalized spacial score (nSPS) is 13.8. The average molecular weight is 161 g/mol. The Balaban J connectivity index is 4.10. The standard InChI is InChI=1S/C9H22P/c1-7-8-10(5,6)9(2,3)4/h7-8H2,1-6H3/q+1. The zero-order chi connectivity index (χ0) is 8.41. The molecule has 0 heterocycles. The Kier molecular flexibility index (Phi) is 3.36. The minimum atomic E-state index is -0.626. The summed E-state index contributed by atoms with van der Waals surface area (Å²) in [6.45, 7) is 14.3. The maximum absolute atomic E-state index is 2.47. The zero-order valence-corrected chi connectivity index (χ0v) is 9.26. The van der Waals surface area contributed by atoms with Crippen LogP contribution in [0.4, 0.5) is 0 Å². The lowest BCUT2D eigenvalue weighted by atomic mass is 10.3. The van der Waals surface area contributed by atoms with Gasteiger partial charge in [0.15, 0.2) is 0 Å². The van der Waals surface area contributed by atoms with Crippen molar-refractivity contribution in [2.45, 2.75) is 39.3 Å². The minimum absolute atomic E-state index is 0.559. The van der Waals surface area contributed by atoms with Crippen molar-refractivity contribution in [3.05, 3.63) is 0 Å². The molecule has 0 aromatic rings. The summed E-state index contributed by atoms with van der Waals surface area (Å²) in [4.78, 5) is 0. The van der Waals surface area contributed by atoms with Crippen molar-refractivity contribution in [3.8, 4) is 0 Å². The minimum Gasteiger partial charge on any atom is -0.0619 e. The third kappa shape index (κ3) is 2.58. The molecule has 0 nitrogen and oxygen atoms in total. The maximum atomic E-state index is 2.47. The molecule has 0 amide bonds. The van der Waals surface area contributed by atoms with Gasteiger partial charge in [0, 0.05) is 20.6 Å². The molecule has 0 radical (unpaired) electrons. The van der Waals surface area contributed by atoms with E-state index >= 15 is 0 Å². The molecular formula is C9H22P+. The second-order valence-corrected chi connectivity index (χ2v) is 9.74. The summed E-state index contributed by atoms with van der Waals surface area (Å²) < 4.78 is 0. The Morgan fingerprint density at radius 2 is 1.50 bits per heavy atom. The van der Waals surface area contributed by atoms with Crippen LogP contribution in [0.25, 0.3) is 0 Å². The second-order valence-electron chi connectivity index (χ2n) is 4.58. The number of rotatable bonds is 2. The molecule has 0 rings (SSSR count). The van der Waals surface area contributed by atoms with Crippen molar-refractivity contribution in [1.29, 1.82) is 0 Å². The topological polar surface area (TPSA) is 0 Å². The average Bonchev–Trinajstić information content (AvgIpc) is 1.61. The van der Waals surface area contributed by atoms with Gasteiger partial charge < -0.3 is 0 Å². The van der Waals surface area contributed by atoms with Gasteiger partial charge in [-0.15, -0.1) is 0 Å². The van der Waals surface area contributed by atoms with Crippen molar-refractivity contribution < 1.29 is 0 Å². The fraction of sp³-hybridized carbons (Fsp3) is 1.00. The van der Waals surface area contributed by atoms with E-state index in [9.17, 15) is 0 Å². The van der Waals surface area contributed by atoms with Crippen LogP contribution >= 0.6 is 7.26 Å². The largest absolute Gasteiger partial charge is 0.0710 e. The lowest BCUT2D eigenvalue weighted by Crippen LogP contribution is -2.20. The SMILES string of the molecule is CCC[P+](C)(C)C(C)(C)C. The van der Waals surface area contributed by atoms with Crippen molar-refractivity contribution >= 4 is 7.26 Å². The lowest BCUT2D eigenvalue weighted by molar-refractivity contribution is 0.769. The summed E-state index contributed by atoms with van der Waals surface area (Å²) in [6, 6.07) is 0. The van der Waals surface area contributed by atoms with E-state index in [-0.39, 0.29) is 0 Å². The van der Waals surface area contributed by atoms with Gasteiger partial charge in [0.1, 0.15) is 0 Å². The molecule has 0 aliphatic carbocycles. The molecule has 1 heteroatoms. The van der Waals surface area contributed by atoms with Gasteiger partial charge >= 0.3 is 0 Å². The molecule has 0 bridgehead atoms. The molecule has 0 aromatic heterocycles. The molecule has 0 spiro atoms. The van der Waals surface area contributed by atoms with Crippen LogP contribution in [0, 0.1) is 0 Å². The first-order chi connectivity index (χ1) is 4.31.